The maximum Gasteiger partial charge on any atom is 0.414 e. The summed E-state index contributed by atoms with van der Waals surface area (Å²) in [5.41, 5.74) is 0. The van der Waals surface area contributed by atoms with Crippen molar-refractivity contribution < 1.29 is 29.4 Å². The first kappa shape index (κ1) is 13.9. The van der Waals surface area contributed by atoms with Crippen molar-refractivity contribution in [3.8, 4) is 0 Å². The van der Waals surface area contributed by atoms with E-state index in [0.29, 0.717) is 0 Å². The van der Waals surface area contributed by atoms with Crippen LogP contribution in [0.3, 0.4) is 0 Å². The molecule has 2 heterocycles. The molecule has 0 aliphatic carbocycles. The van der Waals surface area contributed by atoms with Crippen molar-refractivity contribution >= 4 is 23.8 Å². The summed E-state index contributed by atoms with van der Waals surface area (Å²) in [4.78, 5) is 44.3. The van der Waals surface area contributed by atoms with Gasteiger partial charge < -0.3 is 20.0 Å². The van der Waals surface area contributed by atoms with Crippen LogP contribution >= 0.6 is 0 Å². The molecule has 2 bridgehead atoms. The van der Waals surface area contributed by atoms with E-state index in [2.05, 4.69) is 0 Å². The van der Waals surface area contributed by atoms with Crippen LogP contribution in [0.2, 0.25) is 0 Å². The van der Waals surface area contributed by atoms with Crippen molar-refractivity contribution in [3.05, 3.63) is 0 Å². The van der Waals surface area contributed by atoms with Gasteiger partial charge in [0.15, 0.2) is 0 Å². The van der Waals surface area contributed by atoms with Crippen LogP contribution in [0.1, 0.15) is 12.8 Å². The minimum absolute atomic E-state index is 0.301. The summed E-state index contributed by atoms with van der Waals surface area (Å²) in [7, 11) is 0. The Morgan fingerprint density at radius 2 is 1.06 bits per heavy atom. The molecule has 0 unspecified atom stereocenters. The quantitative estimate of drug-likeness (QED) is 0.517. The van der Waals surface area contributed by atoms with Crippen LogP contribution in [0.15, 0.2) is 0 Å². The summed E-state index contributed by atoms with van der Waals surface area (Å²) in [6.45, 7) is 3.00. The molecule has 2 amide bonds. The molecule has 2 aliphatic rings. The van der Waals surface area contributed by atoms with Gasteiger partial charge in [-0.05, 0) is 12.8 Å². The SMILES string of the molecule is O=C(O)C(=O)O.O=C1C(=O)N2CCCN1CCC2. The van der Waals surface area contributed by atoms with Gasteiger partial charge in [0.1, 0.15) is 0 Å². The fourth-order valence-electron chi connectivity index (χ4n) is 1.81. The van der Waals surface area contributed by atoms with Crippen molar-refractivity contribution in [1.82, 2.24) is 9.80 Å². The molecule has 0 spiro atoms. The molecule has 18 heavy (non-hydrogen) atoms. The second-order valence-electron chi connectivity index (χ2n) is 3.90. The van der Waals surface area contributed by atoms with Crippen molar-refractivity contribution in [2.45, 2.75) is 12.8 Å². The Kier molecular flexibility index (Phi) is 4.64. The lowest BCUT2D eigenvalue weighted by Crippen LogP contribution is -2.38. The molecule has 2 aliphatic heterocycles. The highest BCUT2D eigenvalue weighted by Crippen LogP contribution is 2.11. The van der Waals surface area contributed by atoms with E-state index < -0.39 is 11.9 Å². The number of nitrogens with zero attached hydrogens (tertiary/aromatic N) is 2. The van der Waals surface area contributed by atoms with E-state index in [1.807, 2.05) is 0 Å². The Morgan fingerprint density at radius 1 is 0.778 bits per heavy atom. The van der Waals surface area contributed by atoms with E-state index in [1.165, 1.54) is 0 Å². The van der Waals surface area contributed by atoms with Gasteiger partial charge in [-0.15, -0.1) is 0 Å². The predicted octanol–water partition coefficient (Wildman–Crippen LogP) is -1.39. The molecular weight excluding hydrogens is 244 g/mol. The normalized spacial score (nSPS) is 18.7. The molecule has 0 saturated carbocycles. The summed E-state index contributed by atoms with van der Waals surface area (Å²) >= 11 is 0. The number of amides is 2. The summed E-state index contributed by atoms with van der Waals surface area (Å²) in [5, 5.41) is 14.8. The van der Waals surface area contributed by atoms with E-state index in [-0.39, 0.29) is 11.8 Å². The minimum atomic E-state index is -1.82. The maximum absolute atomic E-state index is 11.4. The zero-order chi connectivity index (χ0) is 13.7. The van der Waals surface area contributed by atoms with Crippen LogP contribution in [0.5, 0.6) is 0 Å². The van der Waals surface area contributed by atoms with Crippen LogP contribution in [0.25, 0.3) is 0 Å². The highest BCUT2D eigenvalue weighted by atomic mass is 16.4. The lowest BCUT2D eigenvalue weighted by Gasteiger charge is -2.19. The van der Waals surface area contributed by atoms with Gasteiger partial charge in [-0.1, -0.05) is 0 Å². The molecule has 2 N–H and O–H groups in total. The monoisotopic (exact) mass is 258 g/mol. The Balaban J connectivity index is 0.000000232. The van der Waals surface area contributed by atoms with Gasteiger partial charge in [-0.25, -0.2) is 9.59 Å². The molecule has 0 aromatic heterocycles. The van der Waals surface area contributed by atoms with Gasteiger partial charge in [0, 0.05) is 26.2 Å². The average Bonchev–Trinajstić information content (AvgIpc) is 2.47. The standard InChI is InChI=1S/C8H12N2O2.C2H2O4/c11-7-8(12)10-4-1-3-9(7)5-2-6-10;3-1(4)2(5)6/h1-6H2;(H,3,4)(H,5,6). The van der Waals surface area contributed by atoms with E-state index in [0.717, 1.165) is 39.0 Å². The minimum Gasteiger partial charge on any atom is -0.473 e. The summed E-state index contributed by atoms with van der Waals surface area (Å²) < 4.78 is 0. The molecule has 2 rings (SSSR count). The Hall–Kier alpha value is -2.12. The zero-order valence-corrected chi connectivity index (χ0v) is 9.66. The summed E-state index contributed by atoms with van der Waals surface area (Å²) in [5.74, 6) is -4.25. The lowest BCUT2D eigenvalue weighted by molar-refractivity contribution is -0.159. The molecule has 8 heteroatoms. The molecule has 2 saturated heterocycles. The van der Waals surface area contributed by atoms with Gasteiger partial charge in [-0.3, -0.25) is 9.59 Å². The molecule has 0 aromatic rings. The smallest absolute Gasteiger partial charge is 0.414 e. The van der Waals surface area contributed by atoms with Crippen molar-refractivity contribution in [2.75, 3.05) is 26.2 Å². The van der Waals surface area contributed by atoms with Crippen molar-refractivity contribution in [2.24, 2.45) is 0 Å². The fourth-order valence-corrected chi connectivity index (χ4v) is 1.81. The van der Waals surface area contributed by atoms with Crippen molar-refractivity contribution in [1.29, 1.82) is 0 Å². The third-order valence-electron chi connectivity index (χ3n) is 2.65. The first-order valence-electron chi connectivity index (χ1n) is 5.48. The number of hydrogen-bond donors (Lipinski definition) is 2. The van der Waals surface area contributed by atoms with Crippen LogP contribution in [0, 0.1) is 0 Å². The van der Waals surface area contributed by atoms with Gasteiger partial charge in [-0.2, -0.15) is 0 Å². The van der Waals surface area contributed by atoms with Crippen molar-refractivity contribution in [3.63, 3.8) is 0 Å². The number of rotatable bonds is 0. The molecule has 100 valence electrons. The molecule has 0 aromatic carbocycles. The van der Waals surface area contributed by atoms with Crippen LogP contribution in [-0.2, 0) is 19.2 Å². The molecule has 0 atom stereocenters. The highest BCUT2D eigenvalue weighted by Gasteiger charge is 2.32. The molecular formula is C10H14N2O6. The van der Waals surface area contributed by atoms with E-state index in [9.17, 15) is 9.59 Å². The number of carbonyl (C=O) groups excluding carboxylic acids is 2. The van der Waals surface area contributed by atoms with Crippen LogP contribution in [0.4, 0.5) is 0 Å². The van der Waals surface area contributed by atoms with E-state index in [1.54, 1.807) is 9.80 Å². The van der Waals surface area contributed by atoms with Gasteiger partial charge in [0.2, 0.25) is 0 Å². The van der Waals surface area contributed by atoms with Gasteiger partial charge >= 0.3 is 23.8 Å². The van der Waals surface area contributed by atoms with Crippen LogP contribution in [-0.4, -0.2) is 69.9 Å². The zero-order valence-electron chi connectivity index (χ0n) is 9.66. The predicted molar refractivity (Wildman–Crippen MR) is 57.7 cm³/mol. The third kappa shape index (κ3) is 3.44. The first-order chi connectivity index (χ1) is 8.43. The highest BCUT2D eigenvalue weighted by molar-refractivity contribution is 6.35. The summed E-state index contributed by atoms with van der Waals surface area (Å²) in [6, 6.07) is 0. The average molecular weight is 258 g/mol. The topological polar surface area (TPSA) is 115 Å². The second-order valence-corrected chi connectivity index (χ2v) is 3.90. The molecule has 2 fully saturated rings. The Labute approximate surface area is 103 Å². The van der Waals surface area contributed by atoms with Gasteiger partial charge in [0.25, 0.3) is 0 Å². The molecule has 8 nitrogen and oxygen atoms in total. The van der Waals surface area contributed by atoms with Crippen LogP contribution < -0.4 is 0 Å². The van der Waals surface area contributed by atoms with E-state index >= 15 is 0 Å². The summed E-state index contributed by atoms with van der Waals surface area (Å²) in [6.07, 6.45) is 1.86. The first-order valence-corrected chi connectivity index (χ1v) is 5.48. The molecule has 0 radical (unpaired) electrons. The largest absolute Gasteiger partial charge is 0.473 e. The second kappa shape index (κ2) is 5.99. The lowest BCUT2D eigenvalue weighted by atomic mass is 10.3. The number of carbonyl (C=O) groups is 4. The maximum atomic E-state index is 11.4. The fraction of sp³-hybridized carbons (Fsp3) is 0.600. The number of carboxylic acids is 2. The number of hydrogen-bond acceptors (Lipinski definition) is 4. The van der Waals surface area contributed by atoms with E-state index in [4.69, 9.17) is 19.8 Å². The number of fused-ring (bicyclic) bond motifs is 3. The Bertz CT molecular complexity index is 337. The number of carboxylic acid groups (broad SMARTS) is 2. The third-order valence-corrected chi connectivity index (χ3v) is 2.65. The Morgan fingerprint density at radius 3 is 1.28 bits per heavy atom. The number of aliphatic carboxylic acids is 2. The van der Waals surface area contributed by atoms with Gasteiger partial charge in [0.05, 0.1) is 0 Å².